The van der Waals surface area contributed by atoms with Gasteiger partial charge in [0.25, 0.3) is 6.65 Å². The largest absolute Gasteiger partial charge is 0.462 e. The molecule has 17 heavy (non-hydrogen) atoms. The van der Waals surface area contributed by atoms with Gasteiger partial charge in [-0.3, -0.25) is 14.0 Å². The predicted octanol–water partition coefficient (Wildman–Crippen LogP) is 1.48. The van der Waals surface area contributed by atoms with Crippen LogP contribution in [-0.4, -0.2) is 43.0 Å². The summed E-state index contributed by atoms with van der Waals surface area (Å²) in [5.41, 5.74) is 0. The molecule has 0 fully saturated rings. The van der Waals surface area contributed by atoms with E-state index >= 15 is 0 Å². The SMILES string of the molecule is CCC(C)SP(=O)(NC)N(C)C(=O)C(=O)OC. The van der Waals surface area contributed by atoms with Crippen LogP contribution < -0.4 is 5.09 Å². The highest BCUT2D eigenvalue weighted by atomic mass is 32.7. The molecule has 0 bridgehead atoms. The Morgan fingerprint density at radius 3 is 2.41 bits per heavy atom. The van der Waals surface area contributed by atoms with Gasteiger partial charge in [-0.1, -0.05) is 25.2 Å². The third-order valence-corrected chi connectivity index (χ3v) is 7.96. The summed E-state index contributed by atoms with van der Waals surface area (Å²) in [7, 11) is 3.93. The normalized spacial score (nSPS) is 15.8. The molecule has 0 heterocycles. The number of likely N-dealkylation sites (N-methyl/N-ethyl adjacent to an activating group) is 1. The number of amides is 1. The molecule has 8 heteroatoms. The molecular weight excluding hydrogens is 263 g/mol. The number of hydrogen-bond donors (Lipinski definition) is 1. The first kappa shape index (κ1) is 16.5. The second-order valence-corrected chi connectivity index (χ2v) is 8.61. The number of rotatable bonds is 5. The maximum atomic E-state index is 12.5. The zero-order valence-corrected chi connectivity index (χ0v) is 12.4. The van der Waals surface area contributed by atoms with Crippen LogP contribution in [0.5, 0.6) is 0 Å². The van der Waals surface area contributed by atoms with Gasteiger partial charge in [0, 0.05) is 12.3 Å². The van der Waals surface area contributed by atoms with Crippen LogP contribution in [0.1, 0.15) is 20.3 Å². The van der Waals surface area contributed by atoms with Gasteiger partial charge in [0.15, 0.2) is 0 Å². The molecule has 0 aliphatic heterocycles. The topological polar surface area (TPSA) is 75.7 Å². The Labute approximate surface area is 106 Å². The van der Waals surface area contributed by atoms with E-state index in [2.05, 4.69) is 9.82 Å². The fourth-order valence-electron chi connectivity index (χ4n) is 0.931. The van der Waals surface area contributed by atoms with Crippen LogP contribution in [0.25, 0.3) is 0 Å². The fraction of sp³-hybridized carbons (Fsp3) is 0.778. The lowest BCUT2D eigenvalue weighted by Crippen LogP contribution is -2.34. The zero-order valence-electron chi connectivity index (χ0n) is 10.7. The van der Waals surface area contributed by atoms with Gasteiger partial charge in [0.1, 0.15) is 0 Å². The second kappa shape index (κ2) is 7.03. The summed E-state index contributed by atoms with van der Waals surface area (Å²) in [6, 6.07) is 0. The highest BCUT2D eigenvalue weighted by Gasteiger charge is 2.35. The van der Waals surface area contributed by atoms with E-state index in [0.29, 0.717) is 0 Å². The Morgan fingerprint density at radius 1 is 1.53 bits per heavy atom. The molecule has 0 aliphatic rings. The van der Waals surface area contributed by atoms with E-state index in [-0.39, 0.29) is 5.25 Å². The molecule has 0 aromatic rings. The molecule has 0 aliphatic carbocycles. The van der Waals surface area contributed by atoms with Gasteiger partial charge in [-0.15, -0.1) is 0 Å². The van der Waals surface area contributed by atoms with Gasteiger partial charge in [-0.05, 0) is 13.5 Å². The highest BCUT2D eigenvalue weighted by Crippen LogP contribution is 2.59. The van der Waals surface area contributed by atoms with Crippen molar-refractivity contribution in [3.8, 4) is 0 Å². The Morgan fingerprint density at radius 2 is 2.06 bits per heavy atom. The standard InChI is InChI=1S/C9H19N2O4PS/c1-6-7(2)17-16(14,10-3)11(4)8(12)9(13)15-5/h7H,6H2,1-5H3,(H,10,14). The molecular formula is C9H19N2O4PS. The summed E-state index contributed by atoms with van der Waals surface area (Å²) in [5.74, 6) is -1.94. The van der Waals surface area contributed by atoms with Crippen molar-refractivity contribution in [3.63, 3.8) is 0 Å². The lowest BCUT2D eigenvalue weighted by molar-refractivity contribution is -0.155. The van der Waals surface area contributed by atoms with E-state index < -0.39 is 18.5 Å². The van der Waals surface area contributed by atoms with Crippen molar-refractivity contribution in [2.75, 3.05) is 21.2 Å². The monoisotopic (exact) mass is 282 g/mol. The molecule has 0 aromatic carbocycles. The van der Waals surface area contributed by atoms with E-state index in [1.54, 1.807) is 0 Å². The van der Waals surface area contributed by atoms with E-state index in [1.807, 2.05) is 13.8 Å². The number of carbonyl (C=O) groups excluding carboxylic acids is 2. The lowest BCUT2D eigenvalue weighted by atomic mass is 10.4. The maximum Gasteiger partial charge on any atom is 0.397 e. The molecule has 0 spiro atoms. The molecule has 2 unspecified atom stereocenters. The minimum atomic E-state index is -3.14. The number of esters is 1. The lowest BCUT2D eigenvalue weighted by Gasteiger charge is -2.27. The van der Waals surface area contributed by atoms with Gasteiger partial charge in [0.2, 0.25) is 0 Å². The van der Waals surface area contributed by atoms with Crippen molar-refractivity contribution in [1.29, 1.82) is 0 Å². The summed E-state index contributed by atoms with van der Waals surface area (Å²) in [6.07, 6.45) is 0.816. The molecule has 1 N–H and O–H groups in total. The van der Waals surface area contributed by atoms with E-state index in [9.17, 15) is 14.2 Å². The first-order valence-electron chi connectivity index (χ1n) is 5.16. The zero-order chi connectivity index (χ0) is 13.6. The molecule has 0 aromatic heterocycles. The van der Waals surface area contributed by atoms with Crippen LogP contribution in [0.15, 0.2) is 0 Å². The van der Waals surface area contributed by atoms with E-state index in [0.717, 1.165) is 29.6 Å². The first-order valence-corrected chi connectivity index (χ1v) is 8.30. The van der Waals surface area contributed by atoms with Crippen LogP contribution in [0.3, 0.4) is 0 Å². The summed E-state index contributed by atoms with van der Waals surface area (Å²) < 4.78 is 17.7. The van der Waals surface area contributed by atoms with Gasteiger partial charge in [-0.25, -0.2) is 9.88 Å². The number of carbonyl (C=O) groups is 2. The quantitative estimate of drug-likeness (QED) is 0.467. The molecule has 0 radical (unpaired) electrons. The average Bonchev–Trinajstić information content (AvgIpc) is 2.35. The van der Waals surface area contributed by atoms with Gasteiger partial charge < -0.3 is 4.74 Å². The predicted molar refractivity (Wildman–Crippen MR) is 68.8 cm³/mol. The third kappa shape index (κ3) is 4.33. The molecule has 0 saturated heterocycles. The summed E-state index contributed by atoms with van der Waals surface area (Å²) >= 11 is 1.15. The van der Waals surface area contributed by atoms with Crippen LogP contribution in [0.4, 0.5) is 0 Å². The van der Waals surface area contributed by atoms with Crippen LogP contribution >= 0.6 is 18.0 Å². The number of nitrogens with zero attached hydrogens (tertiary/aromatic N) is 1. The van der Waals surface area contributed by atoms with Gasteiger partial charge in [-0.2, -0.15) is 0 Å². The van der Waals surface area contributed by atoms with E-state index in [4.69, 9.17) is 0 Å². The third-order valence-electron chi connectivity index (χ3n) is 2.23. The first-order chi connectivity index (χ1) is 7.82. The van der Waals surface area contributed by atoms with Gasteiger partial charge >= 0.3 is 11.9 Å². The summed E-state index contributed by atoms with van der Waals surface area (Å²) in [5, 5.41) is 2.73. The summed E-state index contributed by atoms with van der Waals surface area (Å²) in [6.45, 7) is 0.728. The summed E-state index contributed by atoms with van der Waals surface area (Å²) in [4.78, 5) is 22.7. The van der Waals surface area contributed by atoms with Crippen molar-refractivity contribution in [3.05, 3.63) is 0 Å². The average molecular weight is 282 g/mol. The minimum absolute atomic E-state index is 0.112. The molecule has 0 rings (SSSR count). The fourth-order valence-corrected chi connectivity index (χ4v) is 5.31. The van der Waals surface area contributed by atoms with Crippen molar-refractivity contribution in [1.82, 2.24) is 9.76 Å². The number of methoxy groups -OCH3 is 1. The molecule has 0 saturated carbocycles. The minimum Gasteiger partial charge on any atom is -0.462 e. The van der Waals surface area contributed by atoms with Crippen LogP contribution in [0, 0.1) is 0 Å². The molecule has 2 atom stereocenters. The Kier molecular flexibility index (Phi) is 6.82. The molecule has 100 valence electrons. The Bertz CT molecular complexity index is 337. The van der Waals surface area contributed by atoms with Crippen LogP contribution in [0.2, 0.25) is 0 Å². The second-order valence-electron chi connectivity index (χ2n) is 3.39. The van der Waals surface area contributed by atoms with Crippen LogP contribution in [-0.2, 0) is 18.9 Å². The van der Waals surface area contributed by atoms with Crippen molar-refractivity contribution >= 4 is 29.9 Å². The molecule has 6 nitrogen and oxygen atoms in total. The highest BCUT2D eigenvalue weighted by molar-refractivity contribution is 8.57. The maximum absolute atomic E-state index is 12.5. The molecule has 1 amide bonds. The number of ether oxygens (including phenoxy) is 1. The number of nitrogens with one attached hydrogen (secondary N) is 1. The Balaban J connectivity index is 4.92. The van der Waals surface area contributed by atoms with Crippen molar-refractivity contribution < 1.29 is 18.9 Å². The van der Waals surface area contributed by atoms with Crippen molar-refractivity contribution in [2.45, 2.75) is 25.5 Å². The van der Waals surface area contributed by atoms with Gasteiger partial charge in [0.05, 0.1) is 7.11 Å². The smallest absolute Gasteiger partial charge is 0.397 e. The van der Waals surface area contributed by atoms with Crippen molar-refractivity contribution in [2.24, 2.45) is 0 Å². The Hall–Kier alpha value is -0.520. The van der Waals surface area contributed by atoms with E-state index in [1.165, 1.54) is 14.1 Å². The number of hydrogen-bond acceptors (Lipinski definition) is 5.